The third-order valence-corrected chi connectivity index (χ3v) is 1.63. The lowest BCUT2D eigenvalue weighted by molar-refractivity contribution is 0.254. The number of rotatable bonds is 3. The maximum Gasteiger partial charge on any atom is 0.451 e. The van der Waals surface area contributed by atoms with Crippen molar-refractivity contribution in [1.82, 2.24) is 0 Å². The third kappa shape index (κ3) is 2.80. The molecule has 6 heteroatoms. The molecule has 0 radical (unpaired) electrons. The van der Waals surface area contributed by atoms with Crippen LogP contribution in [0.4, 0.5) is 10.1 Å². The van der Waals surface area contributed by atoms with E-state index in [1.165, 1.54) is 25.0 Å². The molecule has 4 nitrogen and oxygen atoms in total. The van der Waals surface area contributed by atoms with E-state index in [0.717, 1.165) is 0 Å². The van der Waals surface area contributed by atoms with Crippen molar-refractivity contribution >= 4 is 12.8 Å². The summed E-state index contributed by atoms with van der Waals surface area (Å²) in [7, 11) is -0.940. The second kappa shape index (κ2) is 4.70. The zero-order valence-corrected chi connectivity index (χ0v) is 7.64. The lowest BCUT2D eigenvalue weighted by atomic mass is 9.96. The number of hydrogen-bond donors (Lipinski definition) is 1. The molecule has 1 aromatic rings. The maximum atomic E-state index is 12.8. The Morgan fingerprint density at radius 1 is 1.64 bits per heavy atom. The summed E-state index contributed by atoms with van der Waals surface area (Å²) in [6, 6.07) is 3.70. The van der Waals surface area contributed by atoms with E-state index in [4.69, 9.17) is 15.1 Å². The SMILES string of the molecule is CB(O)OCc1cc(F)ccc1[N+]#N. The Bertz CT molecular complexity index is 365. The van der Waals surface area contributed by atoms with Gasteiger partial charge in [-0.15, -0.1) is 0 Å². The number of nitrogens with zero attached hydrogens (tertiary/aromatic N) is 2. The van der Waals surface area contributed by atoms with Crippen LogP contribution in [0.5, 0.6) is 0 Å². The Morgan fingerprint density at radius 3 is 2.93 bits per heavy atom. The number of diazo groups is 1. The van der Waals surface area contributed by atoms with Gasteiger partial charge >= 0.3 is 12.8 Å². The summed E-state index contributed by atoms with van der Waals surface area (Å²) in [5, 5.41) is 17.4. The van der Waals surface area contributed by atoms with E-state index in [1.807, 2.05) is 0 Å². The molecule has 72 valence electrons. The summed E-state index contributed by atoms with van der Waals surface area (Å²) in [4.78, 5) is 2.96. The molecule has 0 saturated heterocycles. The summed E-state index contributed by atoms with van der Waals surface area (Å²) in [5.41, 5.74) is 0.612. The predicted molar refractivity (Wildman–Crippen MR) is 49.8 cm³/mol. The van der Waals surface area contributed by atoms with E-state index in [0.29, 0.717) is 5.56 Å². The largest absolute Gasteiger partial charge is 0.451 e. The first-order valence-electron chi connectivity index (χ1n) is 4.06. The molecule has 0 aromatic heterocycles. The average molecular weight is 195 g/mol. The minimum atomic E-state index is -0.940. The summed E-state index contributed by atoms with van der Waals surface area (Å²) >= 11 is 0. The topological polar surface area (TPSA) is 57.6 Å². The normalized spacial score (nSPS) is 9.57. The quantitative estimate of drug-likeness (QED) is 0.592. The van der Waals surface area contributed by atoms with Gasteiger partial charge in [0.2, 0.25) is 5.39 Å². The van der Waals surface area contributed by atoms with Crippen LogP contribution < -0.4 is 0 Å². The fourth-order valence-corrected chi connectivity index (χ4v) is 0.978. The van der Waals surface area contributed by atoms with Crippen LogP contribution in [0.2, 0.25) is 6.82 Å². The Balaban J connectivity index is 2.84. The molecule has 1 aromatic carbocycles. The van der Waals surface area contributed by atoms with Crippen molar-refractivity contribution in [3.63, 3.8) is 0 Å². The Morgan fingerprint density at radius 2 is 2.36 bits per heavy atom. The first-order valence-corrected chi connectivity index (χ1v) is 4.06. The molecule has 0 aliphatic carbocycles. The molecule has 0 unspecified atom stereocenters. The molecule has 0 heterocycles. The van der Waals surface area contributed by atoms with Gasteiger partial charge in [-0.05, 0) is 19.0 Å². The van der Waals surface area contributed by atoms with Gasteiger partial charge in [-0.3, -0.25) is 0 Å². The maximum absolute atomic E-state index is 12.8. The molecule has 0 fully saturated rings. The van der Waals surface area contributed by atoms with Crippen LogP contribution in [0, 0.1) is 11.2 Å². The second-order valence-electron chi connectivity index (χ2n) is 2.78. The van der Waals surface area contributed by atoms with Gasteiger partial charge < -0.3 is 9.68 Å². The van der Waals surface area contributed by atoms with Gasteiger partial charge in [0.15, 0.2) is 4.98 Å². The van der Waals surface area contributed by atoms with Gasteiger partial charge in [-0.1, -0.05) is 0 Å². The molecule has 0 aliphatic rings. The highest BCUT2D eigenvalue weighted by Crippen LogP contribution is 2.20. The first kappa shape index (κ1) is 10.6. The smallest absolute Gasteiger partial charge is 0.427 e. The molecule has 0 amide bonds. The van der Waals surface area contributed by atoms with Crippen molar-refractivity contribution in [2.45, 2.75) is 13.4 Å². The molecule has 1 rings (SSSR count). The summed E-state index contributed by atoms with van der Waals surface area (Å²) in [6.45, 7) is 1.43. The molecular formula is C8H9BFN2O2+. The van der Waals surface area contributed by atoms with Crippen molar-refractivity contribution in [1.29, 1.82) is 5.39 Å². The van der Waals surface area contributed by atoms with Crippen LogP contribution in [0.15, 0.2) is 18.2 Å². The first-order chi connectivity index (χ1) is 6.63. The zero-order valence-electron chi connectivity index (χ0n) is 7.64. The van der Waals surface area contributed by atoms with Crippen LogP contribution in [0.1, 0.15) is 5.56 Å². The minimum absolute atomic E-state index is 0.00514. The van der Waals surface area contributed by atoms with Crippen LogP contribution in [-0.2, 0) is 11.3 Å². The monoisotopic (exact) mass is 195 g/mol. The summed E-state index contributed by atoms with van der Waals surface area (Å²) in [6.07, 6.45) is 0. The lowest BCUT2D eigenvalue weighted by Crippen LogP contribution is -2.11. The van der Waals surface area contributed by atoms with E-state index in [1.54, 1.807) is 0 Å². The lowest BCUT2D eigenvalue weighted by Gasteiger charge is -2.01. The van der Waals surface area contributed by atoms with Gasteiger partial charge in [-0.25, -0.2) is 4.39 Å². The van der Waals surface area contributed by atoms with Crippen molar-refractivity contribution in [2.75, 3.05) is 0 Å². The highest BCUT2D eigenvalue weighted by Gasteiger charge is 2.15. The van der Waals surface area contributed by atoms with Crippen molar-refractivity contribution in [3.05, 3.63) is 34.6 Å². The Hall–Kier alpha value is -1.45. The Labute approximate surface area is 81.1 Å². The second-order valence-corrected chi connectivity index (χ2v) is 2.78. The fraction of sp³-hybridized carbons (Fsp3) is 0.250. The van der Waals surface area contributed by atoms with Crippen LogP contribution in [0.25, 0.3) is 4.98 Å². The number of benzene rings is 1. The van der Waals surface area contributed by atoms with Gasteiger partial charge in [0.1, 0.15) is 5.82 Å². The predicted octanol–water partition coefficient (Wildman–Crippen LogP) is 1.94. The van der Waals surface area contributed by atoms with Crippen LogP contribution in [0.3, 0.4) is 0 Å². The van der Waals surface area contributed by atoms with Gasteiger partial charge in [0.05, 0.1) is 12.2 Å². The third-order valence-electron chi connectivity index (χ3n) is 1.63. The molecule has 0 saturated carbocycles. The van der Waals surface area contributed by atoms with Gasteiger partial charge in [-0.2, -0.15) is 0 Å². The Kier molecular flexibility index (Phi) is 3.57. The van der Waals surface area contributed by atoms with Crippen molar-refractivity contribution < 1.29 is 14.1 Å². The molecule has 1 N–H and O–H groups in total. The van der Waals surface area contributed by atoms with Crippen LogP contribution >= 0.6 is 0 Å². The van der Waals surface area contributed by atoms with E-state index in [-0.39, 0.29) is 12.3 Å². The minimum Gasteiger partial charge on any atom is -0.427 e. The van der Waals surface area contributed by atoms with Crippen molar-refractivity contribution in [2.24, 2.45) is 0 Å². The molecule has 0 spiro atoms. The highest BCUT2D eigenvalue weighted by molar-refractivity contribution is 6.40. The standard InChI is InChI=1S/C8H9BFN2O2/c1-9(13)14-5-6-4-7(10)2-3-8(6)12-11/h2-4,13H,5H2,1H3/q+1. The number of halogens is 1. The van der Waals surface area contributed by atoms with E-state index >= 15 is 0 Å². The number of hydrogen-bond acceptors (Lipinski definition) is 3. The van der Waals surface area contributed by atoms with E-state index in [9.17, 15) is 4.39 Å². The molecule has 0 atom stereocenters. The van der Waals surface area contributed by atoms with Gasteiger partial charge in [0, 0.05) is 6.07 Å². The fourth-order valence-electron chi connectivity index (χ4n) is 0.978. The van der Waals surface area contributed by atoms with E-state index < -0.39 is 12.9 Å². The zero-order chi connectivity index (χ0) is 10.6. The molecular weight excluding hydrogens is 186 g/mol. The summed E-state index contributed by atoms with van der Waals surface area (Å²) < 4.78 is 17.6. The van der Waals surface area contributed by atoms with Crippen molar-refractivity contribution in [3.8, 4) is 0 Å². The van der Waals surface area contributed by atoms with E-state index in [2.05, 4.69) is 4.98 Å². The average Bonchev–Trinajstić information content (AvgIpc) is 2.15. The molecule has 0 aliphatic heterocycles. The van der Waals surface area contributed by atoms with Gasteiger partial charge in [0.25, 0.3) is 0 Å². The molecule has 14 heavy (non-hydrogen) atoms. The summed E-state index contributed by atoms with van der Waals surface area (Å²) in [5.74, 6) is -0.443. The molecule has 0 bridgehead atoms. The highest BCUT2D eigenvalue weighted by atomic mass is 19.1. The van der Waals surface area contributed by atoms with Crippen LogP contribution in [-0.4, -0.2) is 12.1 Å².